The summed E-state index contributed by atoms with van der Waals surface area (Å²) in [7, 11) is 0. The maximum atomic E-state index is 11.4. The molecule has 0 saturated carbocycles. The normalized spacial score (nSPS) is 13.0. The average Bonchev–Trinajstić information content (AvgIpc) is 2.77. The summed E-state index contributed by atoms with van der Waals surface area (Å²) in [6.07, 6.45) is 0.339. The smallest absolute Gasteiger partial charge is 0.346 e. The predicted octanol–water partition coefficient (Wildman–Crippen LogP) is 3.10. The predicted molar refractivity (Wildman–Crippen MR) is 86.0 cm³/mol. The lowest BCUT2D eigenvalue weighted by Crippen LogP contribution is -2.27. The molecule has 2 aromatic rings. The zero-order chi connectivity index (χ0) is 15.4. The molecule has 2 rings (SSSR count). The van der Waals surface area contributed by atoms with Gasteiger partial charge in [-0.25, -0.2) is 4.79 Å². The van der Waals surface area contributed by atoms with Gasteiger partial charge in [0.1, 0.15) is 4.88 Å². The van der Waals surface area contributed by atoms with Crippen LogP contribution in [0.3, 0.4) is 0 Å². The fourth-order valence-electron chi connectivity index (χ4n) is 2.44. The first kappa shape index (κ1) is 15.9. The van der Waals surface area contributed by atoms with Gasteiger partial charge >= 0.3 is 5.97 Å². The van der Waals surface area contributed by atoms with Gasteiger partial charge in [-0.05, 0) is 29.4 Å². The molecular weight excluding hydrogens is 286 g/mol. The average molecular weight is 307 g/mol. The second kappa shape index (κ2) is 7.02. The Morgan fingerprint density at radius 1 is 1.33 bits per heavy atom. The number of nitrogens with one attached hydrogen (secondary N) is 1. The van der Waals surface area contributed by atoms with Gasteiger partial charge in [0, 0.05) is 17.8 Å². The van der Waals surface area contributed by atoms with E-state index in [4.69, 9.17) is 0 Å². The number of hydrogen-bond acceptors (Lipinski definition) is 4. The van der Waals surface area contributed by atoms with E-state index < -0.39 is 12.1 Å². The molecule has 3 N–H and O–H groups in total. The summed E-state index contributed by atoms with van der Waals surface area (Å²) in [5.41, 5.74) is 0.805. The van der Waals surface area contributed by atoms with E-state index >= 15 is 0 Å². The van der Waals surface area contributed by atoms with E-state index in [-0.39, 0.29) is 0 Å². The highest BCUT2D eigenvalue weighted by molar-refractivity contribution is 7.21. The number of carboxylic acid groups (broad SMARTS) is 1. The van der Waals surface area contributed by atoms with Crippen molar-refractivity contribution in [3.8, 4) is 0 Å². The zero-order valence-electron chi connectivity index (χ0n) is 12.3. The third-order valence-electron chi connectivity index (χ3n) is 3.32. The molecule has 1 heterocycles. The SMILES string of the molecule is CC(C)CC(O)CNCc1c(C(=O)O)sc2ccccc12. The van der Waals surface area contributed by atoms with Gasteiger partial charge in [0.2, 0.25) is 0 Å². The monoisotopic (exact) mass is 307 g/mol. The third-order valence-corrected chi connectivity index (χ3v) is 4.52. The first-order chi connectivity index (χ1) is 9.99. The van der Waals surface area contributed by atoms with Crippen molar-refractivity contribution in [2.45, 2.75) is 32.9 Å². The molecule has 4 nitrogen and oxygen atoms in total. The number of carboxylic acids is 1. The van der Waals surface area contributed by atoms with Crippen molar-refractivity contribution in [2.24, 2.45) is 5.92 Å². The summed E-state index contributed by atoms with van der Waals surface area (Å²) in [5.74, 6) is -0.450. The van der Waals surface area contributed by atoms with E-state index in [1.807, 2.05) is 24.3 Å². The first-order valence-electron chi connectivity index (χ1n) is 7.11. The Balaban J connectivity index is 2.10. The van der Waals surface area contributed by atoms with Crippen LogP contribution in [-0.2, 0) is 6.54 Å². The zero-order valence-corrected chi connectivity index (χ0v) is 13.1. The summed E-state index contributed by atoms with van der Waals surface area (Å²) in [6.45, 7) is 5.07. The molecule has 0 bridgehead atoms. The van der Waals surface area contributed by atoms with E-state index in [9.17, 15) is 15.0 Å². The number of aliphatic hydroxyl groups excluding tert-OH is 1. The van der Waals surface area contributed by atoms with Crippen molar-refractivity contribution in [2.75, 3.05) is 6.54 Å². The fourth-order valence-corrected chi connectivity index (χ4v) is 3.50. The molecule has 0 fully saturated rings. The molecule has 5 heteroatoms. The van der Waals surface area contributed by atoms with E-state index in [0.717, 1.165) is 22.1 Å². The summed E-state index contributed by atoms with van der Waals surface area (Å²) in [4.78, 5) is 11.7. The summed E-state index contributed by atoms with van der Waals surface area (Å²) in [6, 6.07) is 7.70. The van der Waals surface area contributed by atoms with Crippen molar-refractivity contribution in [3.63, 3.8) is 0 Å². The lowest BCUT2D eigenvalue weighted by Gasteiger charge is -2.14. The number of thiophene rings is 1. The maximum absolute atomic E-state index is 11.4. The molecule has 114 valence electrons. The third kappa shape index (κ3) is 4.03. The minimum atomic E-state index is -0.893. The first-order valence-corrected chi connectivity index (χ1v) is 7.93. The molecule has 0 aliphatic rings. The molecule has 1 aromatic carbocycles. The second-order valence-electron chi connectivity index (χ2n) is 5.63. The van der Waals surface area contributed by atoms with Gasteiger partial charge in [-0.1, -0.05) is 32.0 Å². The van der Waals surface area contributed by atoms with Crippen LogP contribution in [0.5, 0.6) is 0 Å². The number of hydrogen-bond donors (Lipinski definition) is 3. The van der Waals surface area contributed by atoms with Crippen LogP contribution >= 0.6 is 11.3 Å². The van der Waals surface area contributed by atoms with Gasteiger partial charge in [-0.3, -0.25) is 0 Å². The van der Waals surface area contributed by atoms with Crippen molar-refractivity contribution < 1.29 is 15.0 Å². The highest BCUT2D eigenvalue weighted by Crippen LogP contribution is 2.31. The minimum absolute atomic E-state index is 0.377. The van der Waals surface area contributed by atoms with E-state index in [1.54, 1.807) is 0 Å². The molecule has 21 heavy (non-hydrogen) atoms. The van der Waals surface area contributed by atoms with Crippen molar-refractivity contribution >= 4 is 27.4 Å². The molecule has 1 unspecified atom stereocenters. The maximum Gasteiger partial charge on any atom is 0.346 e. The Kier molecular flexibility index (Phi) is 5.33. The quantitative estimate of drug-likeness (QED) is 0.735. The van der Waals surface area contributed by atoms with Crippen molar-refractivity contribution in [1.82, 2.24) is 5.32 Å². The van der Waals surface area contributed by atoms with Crippen LogP contribution in [0.2, 0.25) is 0 Å². The lowest BCUT2D eigenvalue weighted by molar-refractivity contribution is 0.0701. The van der Waals surface area contributed by atoms with Crippen molar-refractivity contribution in [3.05, 3.63) is 34.7 Å². The molecule has 1 atom stereocenters. The number of fused-ring (bicyclic) bond motifs is 1. The van der Waals surface area contributed by atoms with Crippen LogP contribution in [0.15, 0.2) is 24.3 Å². The Morgan fingerprint density at radius 3 is 2.71 bits per heavy atom. The highest BCUT2D eigenvalue weighted by atomic mass is 32.1. The highest BCUT2D eigenvalue weighted by Gasteiger charge is 2.17. The van der Waals surface area contributed by atoms with Gasteiger partial charge in [0.15, 0.2) is 0 Å². The molecule has 0 saturated heterocycles. The Labute approximate surface area is 128 Å². The van der Waals surface area contributed by atoms with Gasteiger partial charge in [-0.15, -0.1) is 11.3 Å². The molecule has 0 aliphatic carbocycles. The van der Waals surface area contributed by atoms with Gasteiger partial charge in [-0.2, -0.15) is 0 Å². The van der Waals surface area contributed by atoms with Crippen LogP contribution in [0, 0.1) is 5.92 Å². The van der Waals surface area contributed by atoms with E-state index in [2.05, 4.69) is 19.2 Å². The van der Waals surface area contributed by atoms with Crippen LogP contribution in [0.1, 0.15) is 35.5 Å². The van der Waals surface area contributed by atoms with Crippen LogP contribution < -0.4 is 5.32 Å². The molecule has 0 radical (unpaired) electrons. The largest absolute Gasteiger partial charge is 0.477 e. The number of benzene rings is 1. The Hall–Kier alpha value is -1.43. The molecule has 0 spiro atoms. The Bertz CT molecular complexity index is 621. The van der Waals surface area contributed by atoms with Crippen LogP contribution in [-0.4, -0.2) is 28.8 Å². The molecule has 0 amide bonds. The molecule has 0 aliphatic heterocycles. The van der Waals surface area contributed by atoms with Crippen molar-refractivity contribution in [1.29, 1.82) is 0 Å². The van der Waals surface area contributed by atoms with E-state index in [1.165, 1.54) is 11.3 Å². The number of rotatable bonds is 7. The number of carbonyl (C=O) groups is 1. The Morgan fingerprint density at radius 2 is 2.05 bits per heavy atom. The number of aliphatic hydroxyl groups is 1. The minimum Gasteiger partial charge on any atom is -0.477 e. The fraction of sp³-hybridized carbons (Fsp3) is 0.438. The summed E-state index contributed by atoms with van der Waals surface area (Å²) in [5, 5.41) is 23.3. The molecule has 1 aromatic heterocycles. The summed E-state index contributed by atoms with van der Waals surface area (Å²) >= 11 is 1.30. The number of aromatic carboxylic acids is 1. The standard InChI is InChI=1S/C16H21NO3S/c1-10(2)7-11(18)8-17-9-13-12-5-3-4-6-14(12)21-15(13)16(19)20/h3-6,10-11,17-18H,7-9H2,1-2H3,(H,19,20). The van der Waals surface area contributed by atoms with Gasteiger partial charge < -0.3 is 15.5 Å². The van der Waals surface area contributed by atoms with Gasteiger partial charge in [0.25, 0.3) is 0 Å². The topological polar surface area (TPSA) is 69.6 Å². The second-order valence-corrected chi connectivity index (χ2v) is 6.68. The lowest BCUT2D eigenvalue weighted by atomic mass is 10.1. The van der Waals surface area contributed by atoms with Gasteiger partial charge in [0.05, 0.1) is 6.10 Å². The molecular formula is C16H21NO3S. The van der Waals surface area contributed by atoms with Crippen LogP contribution in [0.4, 0.5) is 0 Å². The van der Waals surface area contributed by atoms with E-state index in [0.29, 0.717) is 23.9 Å². The summed E-state index contributed by atoms with van der Waals surface area (Å²) < 4.78 is 0.981. The van der Waals surface area contributed by atoms with Crippen LogP contribution in [0.25, 0.3) is 10.1 Å².